The predicted molar refractivity (Wildman–Crippen MR) is 127 cm³/mol. The second-order valence-electron chi connectivity index (χ2n) is 8.87. The molecule has 1 aliphatic rings. The van der Waals surface area contributed by atoms with E-state index in [1.54, 1.807) is 32.9 Å². The second kappa shape index (κ2) is 10.5. The number of rotatable bonds is 6. The lowest BCUT2D eigenvalue weighted by atomic mass is 10.1. The van der Waals surface area contributed by atoms with Gasteiger partial charge in [-0.25, -0.2) is 15.0 Å². The summed E-state index contributed by atoms with van der Waals surface area (Å²) < 4.78 is 49.7. The minimum atomic E-state index is -4.13. The molecule has 0 bridgehead atoms. The van der Waals surface area contributed by atoms with Gasteiger partial charge in [-0.2, -0.15) is 12.7 Å². The summed E-state index contributed by atoms with van der Waals surface area (Å²) in [7, 11) is -4.13. The molecule has 2 aromatic rings. The number of nitrogen functional groups attached to an aromatic ring is 1. The van der Waals surface area contributed by atoms with E-state index in [0.717, 1.165) is 10.4 Å². The van der Waals surface area contributed by atoms with E-state index in [1.165, 1.54) is 33.7 Å². The lowest BCUT2D eigenvalue weighted by molar-refractivity contribution is 0.0192. The monoisotopic (exact) mass is 508 g/mol. The number of hydrazine groups is 1. The van der Waals surface area contributed by atoms with Gasteiger partial charge in [-0.3, -0.25) is 19.5 Å². The number of piperazine rings is 1. The third kappa shape index (κ3) is 6.44. The average molecular weight is 509 g/mol. The molecule has 2 heterocycles. The van der Waals surface area contributed by atoms with Crippen molar-refractivity contribution in [1.82, 2.24) is 19.6 Å². The van der Waals surface area contributed by atoms with Gasteiger partial charge in [0.15, 0.2) is 0 Å². The lowest BCUT2D eigenvalue weighted by Gasteiger charge is -2.37. The number of pyridine rings is 1. The number of nitrogens with one attached hydrogen (secondary N) is 1. The first-order valence-electron chi connectivity index (χ1n) is 10.9. The number of amides is 2. The van der Waals surface area contributed by atoms with Crippen molar-refractivity contribution in [2.45, 2.75) is 32.9 Å². The third-order valence-corrected chi connectivity index (χ3v) is 7.10. The van der Waals surface area contributed by atoms with Crippen molar-refractivity contribution in [3.8, 4) is 0 Å². The maximum atomic E-state index is 14.8. The van der Waals surface area contributed by atoms with E-state index in [2.05, 4.69) is 4.98 Å². The van der Waals surface area contributed by atoms with E-state index in [-0.39, 0.29) is 49.5 Å². The van der Waals surface area contributed by atoms with Gasteiger partial charge in [-0.15, -0.1) is 0 Å². The number of benzene rings is 1. The number of halogens is 1. The summed E-state index contributed by atoms with van der Waals surface area (Å²) in [6, 6.07) is 6.80. The Bertz CT molecular complexity index is 1160. The lowest BCUT2D eigenvalue weighted by Crippen LogP contribution is -2.54. The highest BCUT2D eigenvalue weighted by Gasteiger charge is 2.35. The molecule has 3 N–H and O–H groups in total. The molecule has 1 saturated heterocycles. The molecule has 0 saturated carbocycles. The Morgan fingerprint density at radius 2 is 1.89 bits per heavy atom. The van der Waals surface area contributed by atoms with E-state index in [9.17, 15) is 22.4 Å². The molecule has 0 aliphatic carbocycles. The molecule has 1 aromatic carbocycles. The number of aromatic nitrogens is 1. The van der Waals surface area contributed by atoms with Gasteiger partial charge in [-0.05, 0) is 45.0 Å². The summed E-state index contributed by atoms with van der Waals surface area (Å²) in [5.74, 6) is 3.66. The number of ether oxygens (including phenoxy) is 1. The highest BCUT2D eigenvalue weighted by Crippen LogP contribution is 2.25. The van der Waals surface area contributed by atoms with Crippen LogP contribution in [0.15, 0.2) is 42.7 Å². The minimum Gasteiger partial charge on any atom is -0.444 e. The first-order valence-corrected chi connectivity index (χ1v) is 12.3. The number of hydrogen-bond donors (Lipinski definition) is 2. The Labute approximate surface area is 203 Å². The third-order valence-electron chi connectivity index (χ3n) is 5.19. The van der Waals surface area contributed by atoms with Crippen LogP contribution in [0.2, 0.25) is 0 Å². The minimum absolute atomic E-state index is 0.00259. The van der Waals surface area contributed by atoms with Crippen LogP contribution in [0.25, 0.3) is 0 Å². The van der Waals surface area contributed by atoms with Gasteiger partial charge in [0, 0.05) is 43.5 Å². The van der Waals surface area contributed by atoms with E-state index in [4.69, 9.17) is 10.6 Å². The summed E-state index contributed by atoms with van der Waals surface area (Å²) in [6.45, 7) is 5.30. The van der Waals surface area contributed by atoms with Crippen LogP contribution >= 0.6 is 0 Å². The van der Waals surface area contributed by atoms with Gasteiger partial charge in [-0.1, -0.05) is 6.07 Å². The fraction of sp³-hybridized carbons (Fsp3) is 0.409. The van der Waals surface area contributed by atoms with Crippen molar-refractivity contribution in [3.63, 3.8) is 0 Å². The van der Waals surface area contributed by atoms with Crippen molar-refractivity contribution in [2.24, 2.45) is 5.84 Å². The molecule has 1 aromatic heterocycles. The molecule has 3 rings (SSSR count). The number of carbonyl (C=O) groups is 2. The summed E-state index contributed by atoms with van der Waals surface area (Å²) in [4.78, 5) is 29.5. The quantitative estimate of drug-likeness (QED) is 0.344. The Hall–Kier alpha value is -3.29. The topological polar surface area (TPSA) is 138 Å². The number of hydrogen-bond acceptors (Lipinski definition) is 7. The zero-order chi connectivity index (χ0) is 25.8. The molecule has 0 atom stereocenters. The summed E-state index contributed by atoms with van der Waals surface area (Å²) in [5.41, 5.74) is 1.55. The van der Waals surface area contributed by atoms with Crippen LogP contribution in [0.3, 0.4) is 0 Å². The Morgan fingerprint density at radius 3 is 2.43 bits per heavy atom. The van der Waals surface area contributed by atoms with Crippen molar-refractivity contribution >= 4 is 27.9 Å². The zero-order valence-corrected chi connectivity index (χ0v) is 20.6. The van der Waals surface area contributed by atoms with Gasteiger partial charge in [0.25, 0.3) is 5.91 Å². The predicted octanol–water partition coefficient (Wildman–Crippen LogP) is 1.63. The fourth-order valence-corrected chi connectivity index (χ4v) is 5.01. The molecule has 1 fully saturated rings. The van der Waals surface area contributed by atoms with Crippen LogP contribution < -0.4 is 15.6 Å². The zero-order valence-electron chi connectivity index (χ0n) is 19.8. The molecule has 0 spiro atoms. The van der Waals surface area contributed by atoms with Crippen molar-refractivity contribution < 1.29 is 27.1 Å². The molecule has 0 unspecified atom stereocenters. The maximum Gasteiger partial charge on any atom is 0.410 e. The van der Waals surface area contributed by atoms with Gasteiger partial charge in [0.05, 0.1) is 18.4 Å². The maximum absolute atomic E-state index is 14.8. The van der Waals surface area contributed by atoms with Crippen molar-refractivity contribution in [2.75, 3.05) is 30.5 Å². The van der Waals surface area contributed by atoms with Crippen molar-refractivity contribution in [1.29, 1.82) is 0 Å². The first kappa shape index (κ1) is 26.3. The second-order valence-corrected chi connectivity index (χ2v) is 10.7. The molecular formula is C22H29FN6O5S. The average Bonchev–Trinajstić information content (AvgIpc) is 2.82. The number of anilines is 1. The summed E-state index contributed by atoms with van der Waals surface area (Å²) in [5, 5.41) is 0. The molecule has 13 heteroatoms. The molecular weight excluding hydrogens is 479 g/mol. The summed E-state index contributed by atoms with van der Waals surface area (Å²) in [6.07, 6.45) is 2.35. The Balaban J connectivity index is 1.83. The van der Waals surface area contributed by atoms with E-state index in [1.807, 2.05) is 5.43 Å². The molecule has 35 heavy (non-hydrogen) atoms. The standard InChI is InChI=1S/C22H29FN6O5S/c1-22(2,3)34-21(31)27-9-11-28(12-10-27)35(32,33)29(18-5-4-8-25-14-18)15-17-7-6-16(13-19(17)23)20(30)26-24/h4-8,13-14H,9-12,15,24H2,1-3H3,(H,26,30). The molecule has 2 amide bonds. The first-order chi connectivity index (χ1) is 16.4. The van der Waals surface area contributed by atoms with Gasteiger partial charge >= 0.3 is 16.3 Å². The van der Waals surface area contributed by atoms with E-state index >= 15 is 0 Å². The Morgan fingerprint density at radius 1 is 1.20 bits per heavy atom. The molecule has 0 radical (unpaired) electrons. The molecule has 190 valence electrons. The van der Waals surface area contributed by atoms with Crippen LogP contribution in [0.5, 0.6) is 0 Å². The Kier molecular flexibility index (Phi) is 7.93. The largest absolute Gasteiger partial charge is 0.444 e. The van der Waals surface area contributed by atoms with Crippen LogP contribution in [0, 0.1) is 5.82 Å². The normalized spacial score (nSPS) is 14.9. The van der Waals surface area contributed by atoms with Crippen LogP contribution in [-0.2, 0) is 21.5 Å². The van der Waals surface area contributed by atoms with Crippen LogP contribution in [0.1, 0.15) is 36.7 Å². The molecule has 1 aliphatic heterocycles. The number of nitrogens with two attached hydrogens (primary N) is 1. The smallest absolute Gasteiger partial charge is 0.410 e. The summed E-state index contributed by atoms with van der Waals surface area (Å²) >= 11 is 0. The highest BCUT2D eigenvalue weighted by molar-refractivity contribution is 7.90. The van der Waals surface area contributed by atoms with Crippen LogP contribution in [-0.4, -0.2) is 66.4 Å². The number of nitrogens with zero attached hydrogens (tertiary/aromatic N) is 4. The van der Waals surface area contributed by atoms with Gasteiger partial charge < -0.3 is 9.64 Å². The van der Waals surface area contributed by atoms with Gasteiger partial charge in [0.2, 0.25) is 0 Å². The fourth-order valence-electron chi connectivity index (χ4n) is 3.43. The van der Waals surface area contributed by atoms with Gasteiger partial charge in [0.1, 0.15) is 11.4 Å². The highest BCUT2D eigenvalue weighted by atomic mass is 32.2. The van der Waals surface area contributed by atoms with E-state index in [0.29, 0.717) is 0 Å². The number of carbonyl (C=O) groups excluding carboxylic acids is 2. The van der Waals surface area contributed by atoms with Crippen molar-refractivity contribution in [3.05, 3.63) is 59.7 Å². The SMILES string of the molecule is CC(C)(C)OC(=O)N1CCN(S(=O)(=O)N(Cc2ccc(C(=O)NN)cc2F)c2cccnc2)CC1. The van der Waals surface area contributed by atoms with E-state index < -0.39 is 33.6 Å². The van der Waals surface area contributed by atoms with Crippen LogP contribution in [0.4, 0.5) is 14.9 Å². The molecule has 11 nitrogen and oxygen atoms in total.